The Balaban J connectivity index is 1.48. The number of rotatable bonds is 6. The molecule has 0 unspecified atom stereocenters. The number of aromatic nitrogens is 4. The summed E-state index contributed by atoms with van der Waals surface area (Å²) in [6.45, 7) is 3.01. The third kappa shape index (κ3) is 4.76. The molecular formula is C23H27FN6O2. The summed E-state index contributed by atoms with van der Waals surface area (Å²) in [5, 5.41) is 3.76. The van der Waals surface area contributed by atoms with Crippen LogP contribution in [0.25, 0.3) is 11.1 Å². The van der Waals surface area contributed by atoms with Crippen molar-refractivity contribution in [2.75, 3.05) is 32.1 Å². The molecule has 1 amide bonds. The van der Waals surface area contributed by atoms with Crippen molar-refractivity contribution in [2.24, 2.45) is 0 Å². The van der Waals surface area contributed by atoms with Crippen molar-refractivity contribution in [3.8, 4) is 11.1 Å². The Hall–Kier alpha value is -3.36. The number of piperidine rings is 1. The molecule has 1 aliphatic rings. The predicted molar refractivity (Wildman–Crippen MR) is 118 cm³/mol. The predicted octanol–water partition coefficient (Wildman–Crippen LogP) is 3.38. The van der Waals surface area contributed by atoms with E-state index >= 15 is 0 Å². The Kier molecular flexibility index (Phi) is 6.43. The standard InChI is InChI=1S/C23H27FN6O2/c1-15-26-20(32-28-15)8-9-21(31)30-12-10-16(11-13-30)22-18(14-25-23(27-22)29(2)3)17-6-4-5-7-19(17)24/h4-7,14,16H,8-13H2,1-3H3. The second-order valence-corrected chi connectivity index (χ2v) is 8.23. The quantitative estimate of drug-likeness (QED) is 0.583. The fourth-order valence-electron chi connectivity index (χ4n) is 4.01. The van der Waals surface area contributed by atoms with E-state index in [2.05, 4.69) is 15.1 Å². The highest BCUT2D eigenvalue weighted by Gasteiger charge is 2.28. The second kappa shape index (κ2) is 9.42. The number of amides is 1. The van der Waals surface area contributed by atoms with Crippen LogP contribution in [0.5, 0.6) is 0 Å². The molecule has 168 valence electrons. The lowest BCUT2D eigenvalue weighted by molar-refractivity contribution is -0.132. The van der Waals surface area contributed by atoms with Gasteiger partial charge in [0.2, 0.25) is 17.7 Å². The summed E-state index contributed by atoms with van der Waals surface area (Å²) in [6.07, 6.45) is 4.01. The number of nitrogens with zero attached hydrogens (tertiary/aromatic N) is 6. The van der Waals surface area contributed by atoms with Crippen molar-refractivity contribution < 1.29 is 13.7 Å². The highest BCUT2D eigenvalue weighted by Crippen LogP contribution is 2.35. The first-order chi connectivity index (χ1) is 15.4. The summed E-state index contributed by atoms with van der Waals surface area (Å²) >= 11 is 0. The van der Waals surface area contributed by atoms with Crippen LogP contribution < -0.4 is 4.90 Å². The molecule has 1 fully saturated rings. The molecule has 1 aliphatic heterocycles. The van der Waals surface area contributed by atoms with Crippen LogP contribution in [-0.2, 0) is 11.2 Å². The van der Waals surface area contributed by atoms with Crippen LogP contribution in [0, 0.1) is 12.7 Å². The summed E-state index contributed by atoms with van der Waals surface area (Å²) < 4.78 is 19.6. The molecule has 0 spiro atoms. The van der Waals surface area contributed by atoms with Crippen molar-refractivity contribution in [1.29, 1.82) is 0 Å². The van der Waals surface area contributed by atoms with Gasteiger partial charge in [0.25, 0.3) is 0 Å². The van der Waals surface area contributed by atoms with Crippen molar-refractivity contribution in [2.45, 2.75) is 38.5 Å². The number of hydrogen-bond acceptors (Lipinski definition) is 7. The molecule has 2 aromatic heterocycles. The fourth-order valence-corrected chi connectivity index (χ4v) is 4.01. The van der Waals surface area contributed by atoms with Gasteiger partial charge in [0.15, 0.2) is 5.82 Å². The number of carbonyl (C=O) groups is 1. The highest BCUT2D eigenvalue weighted by molar-refractivity contribution is 5.76. The number of aryl methyl sites for hydroxylation is 2. The van der Waals surface area contributed by atoms with Gasteiger partial charge in [-0.2, -0.15) is 4.98 Å². The monoisotopic (exact) mass is 438 g/mol. The Morgan fingerprint density at radius 1 is 1.19 bits per heavy atom. The minimum Gasteiger partial charge on any atom is -0.347 e. The zero-order valence-corrected chi connectivity index (χ0v) is 18.6. The first kappa shape index (κ1) is 21.9. The summed E-state index contributed by atoms with van der Waals surface area (Å²) in [4.78, 5) is 29.7. The number of benzene rings is 1. The molecule has 1 aromatic carbocycles. The van der Waals surface area contributed by atoms with Crippen LogP contribution in [0.3, 0.4) is 0 Å². The van der Waals surface area contributed by atoms with Crippen molar-refractivity contribution >= 4 is 11.9 Å². The molecule has 3 aromatic rings. The Bertz CT molecular complexity index is 1090. The molecule has 0 aliphatic carbocycles. The molecule has 8 nitrogen and oxygen atoms in total. The van der Waals surface area contributed by atoms with Gasteiger partial charge in [-0.05, 0) is 25.8 Å². The van der Waals surface area contributed by atoms with E-state index in [4.69, 9.17) is 9.51 Å². The molecular weight excluding hydrogens is 411 g/mol. The van der Waals surface area contributed by atoms with Gasteiger partial charge >= 0.3 is 0 Å². The number of hydrogen-bond donors (Lipinski definition) is 0. The average Bonchev–Trinajstić information content (AvgIpc) is 3.22. The third-order valence-corrected chi connectivity index (χ3v) is 5.73. The topological polar surface area (TPSA) is 88.3 Å². The third-order valence-electron chi connectivity index (χ3n) is 5.73. The molecule has 0 radical (unpaired) electrons. The zero-order valence-electron chi connectivity index (χ0n) is 18.6. The molecule has 0 atom stereocenters. The van der Waals surface area contributed by atoms with Gasteiger partial charge < -0.3 is 14.3 Å². The fraction of sp³-hybridized carbons (Fsp3) is 0.435. The Morgan fingerprint density at radius 3 is 2.59 bits per heavy atom. The minimum atomic E-state index is -0.293. The molecule has 32 heavy (non-hydrogen) atoms. The summed E-state index contributed by atoms with van der Waals surface area (Å²) in [6, 6.07) is 6.69. The normalized spacial score (nSPS) is 14.6. The van der Waals surface area contributed by atoms with Crippen LogP contribution in [0.4, 0.5) is 10.3 Å². The van der Waals surface area contributed by atoms with Gasteiger partial charge in [-0.25, -0.2) is 14.4 Å². The highest BCUT2D eigenvalue weighted by atomic mass is 19.1. The molecule has 0 bridgehead atoms. The van der Waals surface area contributed by atoms with E-state index in [1.165, 1.54) is 6.07 Å². The lowest BCUT2D eigenvalue weighted by Crippen LogP contribution is -2.38. The molecule has 0 N–H and O–H groups in total. The smallest absolute Gasteiger partial charge is 0.227 e. The minimum absolute atomic E-state index is 0.0744. The van der Waals surface area contributed by atoms with E-state index in [1.807, 2.05) is 30.0 Å². The summed E-state index contributed by atoms with van der Waals surface area (Å²) in [5.74, 6) is 1.55. The van der Waals surface area contributed by atoms with Gasteiger partial charge in [0, 0.05) is 63.3 Å². The number of likely N-dealkylation sites (tertiary alicyclic amines) is 1. The SMILES string of the molecule is Cc1noc(CCC(=O)N2CCC(c3nc(N(C)C)ncc3-c3ccccc3F)CC2)n1. The lowest BCUT2D eigenvalue weighted by atomic mass is 9.88. The van der Waals surface area contributed by atoms with Gasteiger partial charge in [-0.1, -0.05) is 23.4 Å². The molecule has 0 saturated carbocycles. The lowest BCUT2D eigenvalue weighted by Gasteiger charge is -2.32. The van der Waals surface area contributed by atoms with Crippen LogP contribution >= 0.6 is 0 Å². The van der Waals surface area contributed by atoms with Gasteiger partial charge in [-0.15, -0.1) is 0 Å². The summed E-state index contributed by atoms with van der Waals surface area (Å²) in [7, 11) is 3.77. The van der Waals surface area contributed by atoms with E-state index in [9.17, 15) is 9.18 Å². The average molecular weight is 439 g/mol. The van der Waals surface area contributed by atoms with Gasteiger partial charge in [0.1, 0.15) is 5.82 Å². The molecule has 9 heteroatoms. The molecule has 1 saturated heterocycles. The van der Waals surface area contributed by atoms with E-state index < -0.39 is 0 Å². The largest absolute Gasteiger partial charge is 0.347 e. The summed E-state index contributed by atoms with van der Waals surface area (Å²) in [5.41, 5.74) is 2.05. The van der Waals surface area contributed by atoms with Crippen LogP contribution in [0.15, 0.2) is 35.0 Å². The van der Waals surface area contributed by atoms with E-state index in [1.54, 1.807) is 25.3 Å². The second-order valence-electron chi connectivity index (χ2n) is 8.23. The van der Waals surface area contributed by atoms with E-state index in [0.29, 0.717) is 54.7 Å². The van der Waals surface area contributed by atoms with Crippen LogP contribution in [0.1, 0.15) is 42.6 Å². The van der Waals surface area contributed by atoms with Crippen LogP contribution in [0.2, 0.25) is 0 Å². The zero-order chi connectivity index (χ0) is 22.7. The maximum absolute atomic E-state index is 14.5. The Morgan fingerprint density at radius 2 is 1.94 bits per heavy atom. The number of carbonyl (C=O) groups excluding carboxylic acids is 1. The maximum atomic E-state index is 14.5. The van der Waals surface area contributed by atoms with E-state index in [0.717, 1.165) is 18.5 Å². The van der Waals surface area contributed by atoms with Gasteiger partial charge in [0.05, 0.1) is 5.69 Å². The van der Waals surface area contributed by atoms with Crippen molar-refractivity contribution in [3.63, 3.8) is 0 Å². The van der Waals surface area contributed by atoms with Crippen LogP contribution in [-0.4, -0.2) is 58.1 Å². The first-order valence-electron chi connectivity index (χ1n) is 10.8. The van der Waals surface area contributed by atoms with E-state index in [-0.39, 0.29) is 17.6 Å². The molecule has 3 heterocycles. The first-order valence-corrected chi connectivity index (χ1v) is 10.8. The molecule has 4 rings (SSSR count). The van der Waals surface area contributed by atoms with Gasteiger partial charge in [-0.3, -0.25) is 4.79 Å². The Labute approximate surface area is 186 Å². The maximum Gasteiger partial charge on any atom is 0.227 e. The number of anilines is 1. The van der Waals surface area contributed by atoms with Crippen molar-refractivity contribution in [1.82, 2.24) is 25.0 Å². The number of halogens is 1. The van der Waals surface area contributed by atoms with Crippen molar-refractivity contribution in [3.05, 3.63) is 53.7 Å².